The molecule has 0 bridgehead atoms. The Bertz CT molecular complexity index is 187. The molecule has 0 amide bonds. The number of rotatable bonds is 1. The van der Waals surface area contributed by atoms with Gasteiger partial charge in [-0.25, -0.2) is 0 Å². The average Bonchev–Trinajstić information content (AvgIpc) is 1.81. The molecular formula is C4F11K. The van der Waals surface area contributed by atoms with Crippen molar-refractivity contribution < 1.29 is 100.0 Å². The molecule has 0 atom stereocenters. The number of hydrogen-bond acceptors (Lipinski definition) is 0. The second-order valence-corrected chi connectivity index (χ2v) is 2.14. The van der Waals surface area contributed by atoms with Crippen molar-refractivity contribution in [1.29, 1.82) is 0 Å². The maximum Gasteiger partial charge on any atom is 1.00 e. The van der Waals surface area contributed by atoms with Gasteiger partial charge >= 0.3 is 75.6 Å². The summed E-state index contributed by atoms with van der Waals surface area (Å²) in [5.41, 5.74) is 0. The molecule has 0 aliphatic rings. The van der Waals surface area contributed by atoms with Gasteiger partial charge in [0.2, 0.25) is 0 Å². The third-order valence-electron chi connectivity index (χ3n) is 1.11. The predicted molar refractivity (Wildman–Crippen MR) is 22.0 cm³/mol. The average molecular weight is 296 g/mol. The third-order valence-corrected chi connectivity index (χ3v) is 1.11. The van der Waals surface area contributed by atoms with Gasteiger partial charge in [-0.3, -0.25) is 0 Å². The van der Waals surface area contributed by atoms with Crippen LogP contribution in [0.15, 0.2) is 0 Å². The van der Waals surface area contributed by atoms with Crippen LogP contribution in [-0.4, -0.2) is 24.2 Å². The Morgan fingerprint density at radius 2 is 0.562 bits per heavy atom. The van der Waals surface area contributed by atoms with Crippen molar-refractivity contribution >= 4 is 0 Å². The normalized spacial score (nSPS) is 13.9. The van der Waals surface area contributed by atoms with E-state index in [-0.39, 0.29) is 56.1 Å². The number of halogens is 11. The van der Waals surface area contributed by atoms with Crippen LogP contribution in [0.2, 0.25) is 0 Å². The molecule has 0 saturated heterocycles. The number of alkyl halides is 10. The van der Waals surface area contributed by atoms with Crippen LogP contribution in [-0.2, 0) is 0 Å². The summed E-state index contributed by atoms with van der Waals surface area (Å²) in [6.45, 7) is 0. The van der Waals surface area contributed by atoms with E-state index < -0.39 is 24.2 Å². The van der Waals surface area contributed by atoms with Gasteiger partial charge in [0.1, 0.15) is 0 Å². The van der Waals surface area contributed by atoms with Gasteiger partial charge < -0.3 is 4.70 Å². The maximum atomic E-state index is 11.6. The van der Waals surface area contributed by atoms with Crippen molar-refractivity contribution in [3.8, 4) is 0 Å². The van der Waals surface area contributed by atoms with E-state index in [0.717, 1.165) is 0 Å². The van der Waals surface area contributed by atoms with Crippen LogP contribution in [0.25, 0.3) is 0 Å². The minimum atomic E-state index is -7.14. The minimum absolute atomic E-state index is 0. The van der Waals surface area contributed by atoms with Gasteiger partial charge in [-0.1, -0.05) is 0 Å². The van der Waals surface area contributed by atoms with E-state index in [2.05, 4.69) is 0 Å². The maximum absolute atomic E-state index is 11.6. The van der Waals surface area contributed by atoms with E-state index in [1.165, 1.54) is 0 Å². The quantitative estimate of drug-likeness (QED) is 0.367. The summed E-state index contributed by atoms with van der Waals surface area (Å²) in [4.78, 5) is 0. The Balaban J connectivity index is -0.000000845. The molecule has 16 heavy (non-hydrogen) atoms. The molecule has 0 spiro atoms. The molecule has 0 unspecified atom stereocenters. The van der Waals surface area contributed by atoms with Gasteiger partial charge in [-0.2, -0.15) is 43.9 Å². The van der Waals surface area contributed by atoms with Crippen LogP contribution in [0.3, 0.4) is 0 Å². The molecule has 94 valence electrons. The standard InChI is InChI=1S/C4F10.FH.K/c5-1(6,3(9,10)11)2(7,8)4(12,13)14;;/h;1H;/q;;+1/p-1. The molecule has 0 heterocycles. The van der Waals surface area contributed by atoms with Crippen LogP contribution >= 0.6 is 0 Å². The molecule has 0 radical (unpaired) electrons. The zero-order valence-electron chi connectivity index (χ0n) is 7.16. The van der Waals surface area contributed by atoms with E-state index in [4.69, 9.17) is 0 Å². The second kappa shape index (κ2) is 5.67. The molecule has 0 aromatic heterocycles. The fourth-order valence-electron chi connectivity index (χ4n) is 0.356. The van der Waals surface area contributed by atoms with Gasteiger partial charge in [-0.15, -0.1) is 0 Å². The summed E-state index contributed by atoms with van der Waals surface area (Å²) in [7, 11) is 0. The fraction of sp³-hybridized carbons (Fsp3) is 1.00. The summed E-state index contributed by atoms with van der Waals surface area (Å²) in [5.74, 6) is -14.3. The summed E-state index contributed by atoms with van der Waals surface area (Å²) in [6.07, 6.45) is -13.9. The zero-order valence-corrected chi connectivity index (χ0v) is 10.3. The molecule has 0 aliphatic carbocycles. The minimum Gasteiger partial charge on any atom is -1.00 e. The van der Waals surface area contributed by atoms with Crippen LogP contribution in [0.5, 0.6) is 0 Å². The summed E-state index contributed by atoms with van der Waals surface area (Å²) < 4.78 is 113. The molecule has 0 aromatic rings. The van der Waals surface area contributed by atoms with Gasteiger partial charge in [-0.05, 0) is 0 Å². The molecular weight excluding hydrogens is 296 g/mol. The fourth-order valence-corrected chi connectivity index (χ4v) is 0.356. The first kappa shape index (κ1) is 22.1. The first-order valence-electron chi connectivity index (χ1n) is 2.64. The molecule has 0 saturated carbocycles. The summed E-state index contributed by atoms with van der Waals surface area (Å²) in [5, 5.41) is 0. The Hall–Kier alpha value is 0.866. The van der Waals surface area contributed by atoms with E-state index in [9.17, 15) is 43.9 Å². The smallest absolute Gasteiger partial charge is 1.00 e. The topological polar surface area (TPSA) is 0 Å². The van der Waals surface area contributed by atoms with Gasteiger partial charge in [0, 0.05) is 0 Å². The molecule has 0 fully saturated rings. The molecule has 0 rings (SSSR count). The van der Waals surface area contributed by atoms with E-state index in [0.29, 0.717) is 0 Å². The molecule has 0 N–H and O–H groups in total. The van der Waals surface area contributed by atoms with Crippen molar-refractivity contribution in [2.75, 3.05) is 0 Å². The van der Waals surface area contributed by atoms with E-state index >= 15 is 0 Å². The molecule has 0 aromatic carbocycles. The Morgan fingerprint density at radius 1 is 0.438 bits per heavy atom. The molecule has 0 nitrogen and oxygen atoms in total. The van der Waals surface area contributed by atoms with E-state index in [1.54, 1.807) is 0 Å². The molecule has 12 heteroatoms. The van der Waals surface area contributed by atoms with Crippen molar-refractivity contribution in [1.82, 2.24) is 0 Å². The van der Waals surface area contributed by atoms with Crippen LogP contribution in [0.4, 0.5) is 43.9 Å². The predicted octanol–water partition coefficient (Wildman–Crippen LogP) is -2.61. The van der Waals surface area contributed by atoms with Gasteiger partial charge in [0.15, 0.2) is 0 Å². The first-order chi connectivity index (χ1) is 5.75. The largest absolute Gasteiger partial charge is 1.00 e. The summed E-state index contributed by atoms with van der Waals surface area (Å²) >= 11 is 0. The Morgan fingerprint density at radius 3 is 0.625 bits per heavy atom. The van der Waals surface area contributed by atoms with Crippen molar-refractivity contribution in [2.45, 2.75) is 24.2 Å². The Kier molecular flexibility index (Phi) is 7.83. The van der Waals surface area contributed by atoms with Crippen molar-refractivity contribution in [3.05, 3.63) is 0 Å². The monoisotopic (exact) mass is 296 g/mol. The second-order valence-electron chi connectivity index (χ2n) is 2.14. The van der Waals surface area contributed by atoms with Crippen LogP contribution < -0.4 is 56.1 Å². The van der Waals surface area contributed by atoms with Gasteiger partial charge in [0.05, 0.1) is 0 Å². The van der Waals surface area contributed by atoms with Crippen molar-refractivity contribution in [2.24, 2.45) is 0 Å². The molecule has 0 aliphatic heterocycles. The van der Waals surface area contributed by atoms with Crippen LogP contribution in [0.1, 0.15) is 0 Å². The third kappa shape index (κ3) is 3.68. The van der Waals surface area contributed by atoms with E-state index in [1.807, 2.05) is 0 Å². The SMILES string of the molecule is FC(F)(F)C(F)(F)C(F)(F)C(F)(F)F.[F-].[K+]. The van der Waals surface area contributed by atoms with Crippen LogP contribution in [0, 0.1) is 0 Å². The summed E-state index contributed by atoms with van der Waals surface area (Å²) in [6, 6.07) is 0. The first-order valence-corrected chi connectivity index (χ1v) is 2.64. The number of hydrogen-bond donors (Lipinski definition) is 0. The van der Waals surface area contributed by atoms with Crippen molar-refractivity contribution in [3.63, 3.8) is 0 Å². The van der Waals surface area contributed by atoms with Gasteiger partial charge in [0.25, 0.3) is 0 Å². The zero-order chi connectivity index (χ0) is 12.0. The Labute approximate surface area is 123 Å².